The van der Waals surface area contributed by atoms with Crippen LogP contribution in [0.1, 0.15) is 5.56 Å². The second-order valence-electron chi connectivity index (χ2n) is 3.97. The van der Waals surface area contributed by atoms with E-state index in [1.54, 1.807) is 11.4 Å². The molecular formula is C13H8N4O4S. The number of nitro groups is 1. The van der Waals surface area contributed by atoms with Crippen LogP contribution in [0, 0.1) is 21.4 Å². The van der Waals surface area contributed by atoms with Crippen LogP contribution >= 0.6 is 11.3 Å². The van der Waals surface area contributed by atoms with E-state index in [0.29, 0.717) is 5.13 Å². The molecule has 0 aliphatic carbocycles. The number of nitro benzene ring substituents is 1. The molecule has 1 heterocycles. The molecule has 1 amide bonds. The Morgan fingerprint density at radius 1 is 1.55 bits per heavy atom. The van der Waals surface area contributed by atoms with E-state index >= 15 is 0 Å². The number of nitrogens with one attached hydrogen (secondary N) is 1. The lowest BCUT2D eigenvalue weighted by molar-refractivity contribution is -0.385. The van der Waals surface area contributed by atoms with Gasteiger partial charge in [0.1, 0.15) is 11.6 Å². The third-order valence-electron chi connectivity index (χ3n) is 2.53. The van der Waals surface area contributed by atoms with E-state index in [1.165, 1.54) is 29.7 Å². The van der Waals surface area contributed by atoms with Crippen LogP contribution in [-0.4, -0.2) is 20.9 Å². The van der Waals surface area contributed by atoms with Gasteiger partial charge in [-0.05, 0) is 17.7 Å². The zero-order valence-electron chi connectivity index (χ0n) is 10.9. The van der Waals surface area contributed by atoms with Crippen molar-refractivity contribution in [3.63, 3.8) is 0 Å². The largest absolute Gasteiger partial charge is 0.502 e. The van der Waals surface area contributed by atoms with Crippen LogP contribution in [0.2, 0.25) is 0 Å². The number of hydrogen-bond acceptors (Lipinski definition) is 7. The number of aromatic nitrogens is 1. The molecule has 0 bridgehead atoms. The predicted molar refractivity (Wildman–Crippen MR) is 79.1 cm³/mol. The molecule has 22 heavy (non-hydrogen) atoms. The first kappa shape index (κ1) is 15.1. The Morgan fingerprint density at radius 2 is 2.32 bits per heavy atom. The average Bonchev–Trinajstić information content (AvgIpc) is 2.98. The predicted octanol–water partition coefficient (Wildman–Crippen LogP) is 2.30. The second kappa shape index (κ2) is 6.47. The Morgan fingerprint density at radius 3 is 2.91 bits per heavy atom. The van der Waals surface area contributed by atoms with Gasteiger partial charge in [-0.25, -0.2) is 4.98 Å². The van der Waals surface area contributed by atoms with Crippen molar-refractivity contribution in [1.29, 1.82) is 5.26 Å². The van der Waals surface area contributed by atoms with Gasteiger partial charge in [-0.1, -0.05) is 6.07 Å². The van der Waals surface area contributed by atoms with Crippen molar-refractivity contribution >= 4 is 34.1 Å². The molecule has 0 radical (unpaired) electrons. The quantitative estimate of drug-likeness (QED) is 0.385. The highest BCUT2D eigenvalue weighted by atomic mass is 32.1. The smallest absolute Gasteiger partial charge is 0.311 e. The third-order valence-corrected chi connectivity index (χ3v) is 3.21. The lowest BCUT2D eigenvalue weighted by Crippen LogP contribution is -2.13. The van der Waals surface area contributed by atoms with Crippen molar-refractivity contribution in [2.45, 2.75) is 0 Å². The SMILES string of the molecule is N#C/C(=C\c1ccc(O)c([N+](=O)[O-])c1)C(=O)Nc1nccs1. The first-order chi connectivity index (χ1) is 10.5. The van der Waals surface area contributed by atoms with Gasteiger partial charge in [-0.3, -0.25) is 20.2 Å². The number of nitrogens with zero attached hydrogens (tertiary/aromatic N) is 3. The number of amides is 1. The fourth-order valence-corrected chi connectivity index (χ4v) is 2.07. The van der Waals surface area contributed by atoms with Crippen LogP contribution in [0.15, 0.2) is 35.3 Å². The molecule has 0 atom stereocenters. The number of rotatable bonds is 4. The molecule has 0 saturated carbocycles. The van der Waals surface area contributed by atoms with Gasteiger partial charge in [0.05, 0.1) is 4.92 Å². The number of benzene rings is 1. The van der Waals surface area contributed by atoms with Crippen molar-refractivity contribution < 1.29 is 14.8 Å². The van der Waals surface area contributed by atoms with Crippen molar-refractivity contribution in [2.24, 2.45) is 0 Å². The summed E-state index contributed by atoms with van der Waals surface area (Å²) < 4.78 is 0. The lowest BCUT2D eigenvalue weighted by Gasteiger charge is -2.01. The Labute approximate surface area is 128 Å². The molecule has 110 valence electrons. The van der Waals surface area contributed by atoms with Gasteiger partial charge in [0, 0.05) is 17.6 Å². The first-order valence-corrected chi connectivity index (χ1v) is 6.69. The number of carbonyl (C=O) groups is 1. The molecule has 0 aliphatic heterocycles. The van der Waals surface area contributed by atoms with E-state index in [2.05, 4.69) is 10.3 Å². The number of phenolic OH excluding ortho intramolecular Hbond substituents is 1. The minimum Gasteiger partial charge on any atom is -0.502 e. The summed E-state index contributed by atoms with van der Waals surface area (Å²) in [7, 11) is 0. The van der Waals surface area contributed by atoms with Crippen LogP contribution in [0.4, 0.5) is 10.8 Å². The van der Waals surface area contributed by atoms with E-state index in [-0.39, 0.29) is 11.1 Å². The van der Waals surface area contributed by atoms with Crippen molar-refractivity contribution in [2.75, 3.05) is 5.32 Å². The fourth-order valence-electron chi connectivity index (χ4n) is 1.54. The molecular weight excluding hydrogens is 308 g/mol. The highest BCUT2D eigenvalue weighted by Gasteiger charge is 2.15. The van der Waals surface area contributed by atoms with E-state index in [9.17, 15) is 20.0 Å². The van der Waals surface area contributed by atoms with Crippen LogP contribution in [0.3, 0.4) is 0 Å². The molecule has 0 saturated heterocycles. The maximum atomic E-state index is 11.9. The van der Waals surface area contributed by atoms with Crippen LogP contribution in [-0.2, 0) is 4.79 Å². The minimum atomic E-state index is -0.756. The number of hydrogen-bond donors (Lipinski definition) is 2. The summed E-state index contributed by atoms with van der Waals surface area (Å²) in [5.74, 6) is -1.17. The molecule has 8 nitrogen and oxygen atoms in total. The zero-order chi connectivity index (χ0) is 16.1. The number of thiazole rings is 1. The highest BCUT2D eigenvalue weighted by molar-refractivity contribution is 7.13. The van der Waals surface area contributed by atoms with Gasteiger partial charge in [-0.2, -0.15) is 5.26 Å². The Bertz CT molecular complexity index is 793. The Kier molecular flexibility index (Phi) is 4.45. The van der Waals surface area contributed by atoms with Gasteiger partial charge in [0.25, 0.3) is 5.91 Å². The summed E-state index contributed by atoms with van der Waals surface area (Å²) in [6.45, 7) is 0. The summed E-state index contributed by atoms with van der Waals surface area (Å²) in [4.78, 5) is 25.8. The van der Waals surface area contributed by atoms with E-state index in [4.69, 9.17) is 5.26 Å². The molecule has 9 heteroatoms. The lowest BCUT2D eigenvalue weighted by atomic mass is 10.1. The molecule has 1 aromatic carbocycles. The molecule has 0 spiro atoms. The van der Waals surface area contributed by atoms with Crippen LogP contribution < -0.4 is 5.32 Å². The summed E-state index contributed by atoms with van der Waals surface area (Å²) in [5, 5.41) is 33.6. The standard InChI is InChI=1S/C13H8N4O4S/c14-7-9(12(19)16-13-15-3-4-22-13)5-8-1-2-11(18)10(6-8)17(20)21/h1-6,18H,(H,15,16,19)/b9-5+. The van der Waals surface area contributed by atoms with Gasteiger partial charge < -0.3 is 5.11 Å². The number of aromatic hydroxyl groups is 1. The normalized spacial score (nSPS) is 10.8. The number of anilines is 1. The molecule has 1 aromatic heterocycles. The van der Waals surface area contributed by atoms with E-state index in [0.717, 1.165) is 12.1 Å². The molecule has 2 N–H and O–H groups in total. The van der Waals surface area contributed by atoms with Crippen molar-refractivity contribution in [3.05, 3.63) is 51.0 Å². The maximum absolute atomic E-state index is 11.9. The summed E-state index contributed by atoms with van der Waals surface area (Å²) >= 11 is 1.19. The second-order valence-corrected chi connectivity index (χ2v) is 4.86. The topological polar surface area (TPSA) is 129 Å². The van der Waals surface area contributed by atoms with Crippen LogP contribution in [0.25, 0.3) is 6.08 Å². The first-order valence-electron chi connectivity index (χ1n) is 5.81. The van der Waals surface area contributed by atoms with Gasteiger partial charge in [-0.15, -0.1) is 11.3 Å². The summed E-state index contributed by atoms with van der Waals surface area (Å²) in [6, 6.07) is 5.27. The maximum Gasteiger partial charge on any atom is 0.311 e. The van der Waals surface area contributed by atoms with Crippen LogP contribution in [0.5, 0.6) is 5.75 Å². The van der Waals surface area contributed by atoms with Gasteiger partial charge in [0.15, 0.2) is 10.9 Å². The Balaban J connectivity index is 2.29. The molecule has 2 rings (SSSR count). The molecule has 0 unspecified atom stereocenters. The van der Waals surface area contributed by atoms with Gasteiger partial charge >= 0.3 is 5.69 Å². The average molecular weight is 316 g/mol. The van der Waals surface area contributed by atoms with Crippen molar-refractivity contribution in [3.8, 4) is 11.8 Å². The molecule has 2 aromatic rings. The van der Waals surface area contributed by atoms with Gasteiger partial charge in [0.2, 0.25) is 0 Å². The van der Waals surface area contributed by atoms with E-state index < -0.39 is 22.3 Å². The molecule has 0 aliphatic rings. The minimum absolute atomic E-state index is 0.241. The Hall–Kier alpha value is -3.25. The zero-order valence-corrected chi connectivity index (χ0v) is 11.7. The summed E-state index contributed by atoms with van der Waals surface area (Å²) in [6.07, 6.45) is 2.69. The fraction of sp³-hybridized carbons (Fsp3) is 0. The molecule has 0 fully saturated rings. The number of carbonyl (C=O) groups excluding carboxylic acids is 1. The number of nitriles is 1. The number of phenols is 1. The monoisotopic (exact) mass is 316 g/mol. The van der Waals surface area contributed by atoms with E-state index in [1.807, 2.05) is 0 Å². The van der Waals surface area contributed by atoms with Crippen molar-refractivity contribution in [1.82, 2.24) is 4.98 Å². The summed E-state index contributed by atoms with van der Waals surface area (Å²) in [5.41, 5.74) is -0.503. The third kappa shape index (κ3) is 3.44. The highest BCUT2D eigenvalue weighted by Crippen LogP contribution is 2.27.